The summed E-state index contributed by atoms with van der Waals surface area (Å²) in [5.74, 6) is -1.11. The van der Waals surface area contributed by atoms with Crippen LogP contribution >= 0.6 is 15.9 Å². The molecule has 3 rings (SSSR count). The van der Waals surface area contributed by atoms with Gasteiger partial charge < -0.3 is 13.9 Å². The van der Waals surface area contributed by atoms with E-state index in [1.54, 1.807) is 6.07 Å². The number of aromatic nitrogens is 1. The largest absolute Gasteiger partial charge is 0.465 e. The Morgan fingerprint density at radius 2 is 1.92 bits per heavy atom. The van der Waals surface area contributed by atoms with Crippen LogP contribution in [-0.4, -0.2) is 24.0 Å². The predicted octanol–water partition coefficient (Wildman–Crippen LogP) is 4.04. The summed E-state index contributed by atoms with van der Waals surface area (Å²) in [6.07, 6.45) is 0. The number of carbonyl (C=O) groups is 2. The Morgan fingerprint density at radius 1 is 1.16 bits per heavy atom. The number of nitrogens with zero attached hydrogens (tertiary/aromatic N) is 1. The van der Waals surface area contributed by atoms with E-state index in [-0.39, 0.29) is 12.4 Å². The van der Waals surface area contributed by atoms with E-state index in [1.807, 2.05) is 31.2 Å². The summed E-state index contributed by atoms with van der Waals surface area (Å²) in [4.78, 5) is 28.7. The first-order valence-electron chi connectivity index (χ1n) is 7.40. The zero-order valence-electron chi connectivity index (χ0n) is 13.5. The maximum atomic E-state index is 12.2. The van der Waals surface area contributed by atoms with Crippen molar-refractivity contribution in [2.24, 2.45) is 0 Å². The number of hydrogen-bond acceptors (Lipinski definition) is 6. The molecule has 1 aromatic carbocycles. The predicted molar refractivity (Wildman–Crippen MR) is 93.3 cm³/mol. The molecule has 0 saturated heterocycles. The number of fused-ring (bicyclic) bond motifs is 1. The van der Waals surface area contributed by atoms with Crippen LogP contribution in [0, 0.1) is 6.92 Å². The Kier molecular flexibility index (Phi) is 4.85. The van der Waals surface area contributed by atoms with Crippen molar-refractivity contribution in [2.75, 3.05) is 7.11 Å². The highest BCUT2D eigenvalue weighted by molar-refractivity contribution is 9.10. The minimum Gasteiger partial charge on any atom is -0.465 e. The highest BCUT2D eigenvalue weighted by atomic mass is 79.9. The van der Waals surface area contributed by atoms with E-state index in [4.69, 9.17) is 13.9 Å². The molecule has 3 aromatic rings. The molecule has 0 radical (unpaired) electrons. The van der Waals surface area contributed by atoms with Crippen molar-refractivity contribution in [3.63, 3.8) is 0 Å². The summed E-state index contributed by atoms with van der Waals surface area (Å²) in [5.41, 5.74) is 2.07. The molecule has 0 aliphatic carbocycles. The van der Waals surface area contributed by atoms with E-state index in [2.05, 4.69) is 20.9 Å². The minimum absolute atomic E-state index is 0.0593. The monoisotopic (exact) mass is 403 g/mol. The number of para-hydroxylation sites is 1. The molecule has 0 N–H and O–H groups in total. The molecule has 0 aliphatic rings. The van der Waals surface area contributed by atoms with E-state index in [1.165, 1.54) is 13.2 Å². The molecule has 0 amide bonds. The molecule has 0 bridgehead atoms. The van der Waals surface area contributed by atoms with Gasteiger partial charge >= 0.3 is 11.9 Å². The highest BCUT2D eigenvalue weighted by Gasteiger charge is 2.21. The second kappa shape index (κ2) is 7.06. The first-order valence-corrected chi connectivity index (χ1v) is 8.19. The number of rotatable bonds is 4. The molecule has 2 aromatic heterocycles. The van der Waals surface area contributed by atoms with Crippen molar-refractivity contribution in [1.29, 1.82) is 0 Å². The maximum absolute atomic E-state index is 12.2. The van der Waals surface area contributed by atoms with E-state index >= 15 is 0 Å². The van der Waals surface area contributed by atoms with Gasteiger partial charge in [-0.05, 0) is 46.6 Å². The van der Waals surface area contributed by atoms with Gasteiger partial charge in [0.05, 0.1) is 23.9 Å². The number of halogens is 1. The number of hydrogen-bond donors (Lipinski definition) is 0. The van der Waals surface area contributed by atoms with Gasteiger partial charge in [-0.2, -0.15) is 0 Å². The summed E-state index contributed by atoms with van der Waals surface area (Å²) < 4.78 is 15.7. The fraction of sp³-hybridized carbons (Fsp3) is 0.167. The Labute approximate surface area is 151 Å². The standard InChI is InChI=1S/C18H14BrNO5/c1-10-11-5-3-4-6-12(11)20-13(16(10)18(22)23-2)9-24-17(21)14-7-8-15(19)25-14/h3-8H,9H2,1-2H3. The number of carbonyl (C=O) groups excluding carboxylic acids is 2. The van der Waals surface area contributed by atoms with Gasteiger partial charge in [-0.3, -0.25) is 0 Å². The second-order valence-corrected chi connectivity index (χ2v) is 6.03. The van der Waals surface area contributed by atoms with Gasteiger partial charge in [-0.15, -0.1) is 0 Å². The summed E-state index contributed by atoms with van der Waals surface area (Å²) in [6.45, 7) is 1.64. The van der Waals surface area contributed by atoms with Crippen LogP contribution < -0.4 is 0 Å². The lowest BCUT2D eigenvalue weighted by Gasteiger charge is -2.13. The highest BCUT2D eigenvalue weighted by Crippen LogP contribution is 2.24. The van der Waals surface area contributed by atoms with Gasteiger partial charge in [0.2, 0.25) is 5.76 Å². The van der Waals surface area contributed by atoms with Gasteiger partial charge in [0.15, 0.2) is 4.67 Å². The Balaban J connectivity index is 1.96. The zero-order chi connectivity index (χ0) is 18.0. The number of ether oxygens (including phenoxy) is 2. The van der Waals surface area contributed by atoms with E-state index in [0.29, 0.717) is 21.4 Å². The van der Waals surface area contributed by atoms with Gasteiger partial charge in [0, 0.05) is 5.39 Å². The number of furan rings is 1. The lowest BCUT2D eigenvalue weighted by molar-refractivity contribution is 0.0420. The fourth-order valence-corrected chi connectivity index (χ4v) is 2.85. The van der Waals surface area contributed by atoms with Crippen molar-refractivity contribution in [3.8, 4) is 0 Å². The number of pyridine rings is 1. The van der Waals surface area contributed by atoms with Crippen molar-refractivity contribution in [2.45, 2.75) is 13.5 Å². The van der Waals surface area contributed by atoms with Crippen LogP contribution in [0.2, 0.25) is 0 Å². The summed E-state index contributed by atoms with van der Waals surface area (Å²) in [7, 11) is 1.30. The average molecular weight is 404 g/mol. The van der Waals surface area contributed by atoms with Crippen LogP contribution in [0.25, 0.3) is 10.9 Å². The quantitative estimate of drug-likeness (QED) is 0.611. The van der Waals surface area contributed by atoms with Crippen molar-refractivity contribution in [3.05, 3.63) is 63.6 Å². The molecular weight excluding hydrogens is 390 g/mol. The Morgan fingerprint density at radius 3 is 2.60 bits per heavy atom. The van der Waals surface area contributed by atoms with E-state index in [0.717, 1.165) is 10.9 Å². The van der Waals surface area contributed by atoms with Crippen molar-refractivity contribution < 1.29 is 23.5 Å². The third kappa shape index (κ3) is 3.41. The average Bonchev–Trinajstić information content (AvgIpc) is 3.05. The van der Waals surface area contributed by atoms with Gasteiger partial charge in [0.1, 0.15) is 6.61 Å². The number of methoxy groups -OCH3 is 1. The smallest absolute Gasteiger partial charge is 0.374 e. The van der Waals surface area contributed by atoms with E-state index < -0.39 is 11.9 Å². The van der Waals surface area contributed by atoms with Crippen LogP contribution in [0.4, 0.5) is 0 Å². The number of benzene rings is 1. The van der Waals surface area contributed by atoms with Crippen molar-refractivity contribution >= 4 is 38.8 Å². The lowest BCUT2D eigenvalue weighted by Crippen LogP contribution is -2.13. The maximum Gasteiger partial charge on any atom is 0.374 e. The molecule has 6 nitrogen and oxygen atoms in total. The summed E-state index contributed by atoms with van der Waals surface area (Å²) in [5, 5.41) is 0.841. The lowest BCUT2D eigenvalue weighted by atomic mass is 10.0. The SMILES string of the molecule is COC(=O)c1c(COC(=O)c2ccc(Br)o2)nc2ccccc2c1C. The zero-order valence-corrected chi connectivity index (χ0v) is 15.1. The molecule has 0 saturated carbocycles. The molecule has 0 spiro atoms. The molecule has 128 valence electrons. The normalized spacial score (nSPS) is 10.7. The van der Waals surface area contributed by atoms with Crippen LogP contribution in [0.5, 0.6) is 0 Å². The first-order chi connectivity index (χ1) is 12.0. The first kappa shape index (κ1) is 17.2. The Bertz CT molecular complexity index is 963. The molecule has 0 unspecified atom stereocenters. The van der Waals surface area contributed by atoms with Crippen LogP contribution in [0.15, 0.2) is 45.5 Å². The molecular formula is C18H14BrNO5. The molecule has 7 heteroatoms. The third-order valence-corrected chi connectivity index (χ3v) is 4.16. The summed E-state index contributed by atoms with van der Waals surface area (Å²) in [6, 6.07) is 10.5. The van der Waals surface area contributed by atoms with Gasteiger partial charge in [0.25, 0.3) is 0 Å². The topological polar surface area (TPSA) is 78.6 Å². The molecule has 0 fully saturated rings. The fourth-order valence-electron chi connectivity index (χ4n) is 2.55. The summed E-state index contributed by atoms with van der Waals surface area (Å²) >= 11 is 3.13. The Hall–Kier alpha value is -2.67. The van der Waals surface area contributed by atoms with E-state index in [9.17, 15) is 9.59 Å². The van der Waals surface area contributed by atoms with Crippen LogP contribution in [0.1, 0.15) is 32.2 Å². The second-order valence-electron chi connectivity index (χ2n) is 5.25. The van der Waals surface area contributed by atoms with Crippen LogP contribution in [-0.2, 0) is 16.1 Å². The van der Waals surface area contributed by atoms with Crippen molar-refractivity contribution in [1.82, 2.24) is 4.98 Å². The van der Waals surface area contributed by atoms with Gasteiger partial charge in [-0.25, -0.2) is 14.6 Å². The number of esters is 2. The van der Waals surface area contributed by atoms with Gasteiger partial charge in [-0.1, -0.05) is 18.2 Å². The minimum atomic E-state index is -0.644. The van der Waals surface area contributed by atoms with Crippen LogP contribution in [0.3, 0.4) is 0 Å². The molecule has 2 heterocycles. The molecule has 0 atom stereocenters. The molecule has 0 aliphatic heterocycles. The number of aryl methyl sites for hydroxylation is 1. The third-order valence-electron chi connectivity index (χ3n) is 3.73. The molecule has 25 heavy (non-hydrogen) atoms.